The van der Waals surface area contributed by atoms with Gasteiger partial charge in [-0.25, -0.2) is 13.2 Å². The van der Waals surface area contributed by atoms with Crippen LogP contribution in [0.25, 0.3) is 0 Å². The molecule has 2 aliphatic heterocycles. The molecule has 1 N–H and O–H groups in total. The van der Waals surface area contributed by atoms with Crippen molar-refractivity contribution in [1.82, 2.24) is 10.2 Å². The Morgan fingerprint density at radius 2 is 1.77 bits per heavy atom. The molecule has 1 fully saturated rings. The van der Waals surface area contributed by atoms with Gasteiger partial charge >= 0.3 is 6.03 Å². The molecular weight excluding hydrogens is 512 g/mol. The van der Waals surface area contributed by atoms with Crippen molar-refractivity contribution in [3.8, 4) is 5.75 Å². The number of fused-ring (bicyclic) bond motifs is 1. The number of aryl methyl sites for hydroxylation is 1. The van der Waals surface area contributed by atoms with E-state index in [4.69, 9.17) is 4.74 Å². The third kappa shape index (κ3) is 4.71. The molecule has 3 aromatic rings. The van der Waals surface area contributed by atoms with Crippen molar-refractivity contribution in [2.45, 2.75) is 56.6 Å². The van der Waals surface area contributed by atoms with Crippen LogP contribution in [0.5, 0.6) is 5.75 Å². The molecule has 0 saturated carbocycles. The van der Waals surface area contributed by atoms with Gasteiger partial charge in [0.1, 0.15) is 5.75 Å². The van der Waals surface area contributed by atoms with Gasteiger partial charge in [0.2, 0.25) is 5.78 Å². The van der Waals surface area contributed by atoms with E-state index < -0.39 is 15.4 Å². The first-order chi connectivity index (χ1) is 18.6. The van der Waals surface area contributed by atoms with Crippen LogP contribution in [-0.2, 0) is 16.4 Å². The third-order valence-electron chi connectivity index (χ3n) is 7.90. The van der Waals surface area contributed by atoms with E-state index in [2.05, 4.69) is 19.2 Å². The zero-order valence-corrected chi connectivity index (χ0v) is 23.5. The number of carbonyl (C=O) groups excluding carboxylic acids is 2. The Balaban J connectivity index is 1.41. The molecule has 39 heavy (non-hydrogen) atoms. The molecule has 1 spiro atoms. The van der Waals surface area contributed by atoms with Gasteiger partial charge < -0.3 is 15.0 Å². The summed E-state index contributed by atoms with van der Waals surface area (Å²) in [6.07, 6.45) is 0. The maximum atomic E-state index is 14.2. The molecule has 0 aliphatic carbocycles. The quantitative estimate of drug-likeness (QED) is 0.457. The maximum absolute atomic E-state index is 14.2. The highest BCUT2D eigenvalue weighted by Crippen LogP contribution is 2.50. The predicted molar refractivity (Wildman–Crippen MR) is 150 cm³/mol. The number of benzene rings is 3. The molecule has 0 bridgehead atoms. The van der Waals surface area contributed by atoms with Crippen molar-refractivity contribution in [2.24, 2.45) is 0 Å². The Morgan fingerprint density at radius 3 is 2.41 bits per heavy atom. The molecule has 2 atom stereocenters. The number of Topliss-reactive ketones (excluding diaryl/α,β-unsaturated/α-hetero) is 1. The van der Waals surface area contributed by atoms with Crippen molar-refractivity contribution in [3.63, 3.8) is 0 Å². The molecule has 7 nitrogen and oxygen atoms in total. The van der Waals surface area contributed by atoms with Crippen molar-refractivity contribution in [3.05, 3.63) is 94.5 Å². The first-order valence-electron chi connectivity index (χ1n) is 13.3. The lowest BCUT2D eigenvalue weighted by Gasteiger charge is -2.28. The summed E-state index contributed by atoms with van der Waals surface area (Å²) in [5.41, 5.74) is 3.01. The van der Waals surface area contributed by atoms with E-state index in [1.165, 1.54) is 0 Å². The van der Waals surface area contributed by atoms with Gasteiger partial charge in [0.15, 0.2) is 15.4 Å². The molecule has 0 aromatic heterocycles. The average Bonchev–Trinajstić information content (AvgIpc) is 3.46. The highest BCUT2D eigenvalue weighted by Gasteiger charge is 2.60. The highest BCUT2D eigenvalue weighted by molar-refractivity contribution is 7.91. The summed E-state index contributed by atoms with van der Waals surface area (Å²) >= 11 is 0. The first-order valence-corrected chi connectivity index (χ1v) is 15.0. The predicted octanol–water partition coefficient (Wildman–Crippen LogP) is 5.24. The van der Waals surface area contributed by atoms with Gasteiger partial charge in [-0.15, -0.1) is 0 Å². The van der Waals surface area contributed by atoms with Crippen LogP contribution in [0, 0.1) is 6.92 Å². The zero-order chi connectivity index (χ0) is 27.9. The summed E-state index contributed by atoms with van der Waals surface area (Å²) in [5.74, 6) is 0.444. The first kappa shape index (κ1) is 26.9. The number of ketones is 1. The summed E-state index contributed by atoms with van der Waals surface area (Å²) in [4.78, 5) is 29.5. The molecule has 1 saturated heterocycles. The number of hydrogen-bond acceptors (Lipinski definition) is 5. The van der Waals surface area contributed by atoms with E-state index in [-0.39, 0.29) is 47.4 Å². The fourth-order valence-corrected chi connectivity index (χ4v) is 6.51. The normalized spacial score (nSPS) is 20.4. The van der Waals surface area contributed by atoms with Crippen molar-refractivity contribution in [1.29, 1.82) is 0 Å². The average molecular weight is 547 g/mol. The number of urea groups is 1. The van der Waals surface area contributed by atoms with Crippen LogP contribution < -0.4 is 10.1 Å². The second-order valence-electron chi connectivity index (χ2n) is 10.7. The zero-order valence-electron chi connectivity index (χ0n) is 22.7. The van der Waals surface area contributed by atoms with E-state index in [9.17, 15) is 18.0 Å². The van der Waals surface area contributed by atoms with Gasteiger partial charge in [-0.2, -0.15) is 0 Å². The van der Waals surface area contributed by atoms with E-state index in [1.807, 2.05) is 49.4 Å². The fraction of sp³-hybridized carbons (Fsp3) is 0.355. The summed E-state index contributed by atoms with van der Waals surface area (Å²) in [6.45, 7) is 8.40. The van der Waals surface area contributed by atoms with E-state index in [0.29, 0.717) is 17.9 Å². The highest BCUT2D eigenvalue weighted by atomic mass is 32.2. The Morgan fingerprint density at radius 1 is 1.08 bits per heavy atom. The second kappa shape index (κ2) is 10.2. The van der Waals surface area contributed by atoms with Crippen LogP contribution in [0.4, 0.5) is 4.79 Å². The van der Waals surface area contributed by atoms with Gasteiger partial charge in [0, 0.05) is 13.1 Å². The van der Waals surface area contributed by atoms with Crippen LogP contribution >= 0.6 is 0 Å². The lowest BCUT2D eigenvalue weighted by molar-refractivity contribution is 0.0545. The van der Waals surface area contributed by atoms with Crippen LogP contribution in [0.2, 0.25) is 0 Å². The molecule has 2 heterocycles. The monoisotopic (exact) mass is 546 g/mol. The van der Waals surface area contributed by atoms with Gasteiger partial charge in [-0.3, -0.25) is 4.79 Å². The number of carbonyl (C=O) groups is 2. The number of likely N-dealkylation sites (tertiary alicyclic amines) is 1. The number of hydrogen-bond donors (Lipinski definition) is 1. The van der Waals surface area contributed by atoms with E-state index >= 15 is 0 Å². The molecule has 3 aromatic carbocycles. The number of rotatable bonds is 6. The summed E-state index contributed by atoms with van der Waals surface area (Å²) in [5, 5.41) is 2.94. The summed E-state index contributed by atoms with van der Waals surface area (Å²) < 4.78 is 30.9. The molecule has 2 unspecified atom stereocenters. The van der Waals surface area contributed by atoms with Gasteiger partial charge in [-0.1, -0.05) is 75.4 Å². The Bertz CT molecular complexity index is 1520. The third-order valence-corrected chi connectivity index (χ3v) is 9.65. The molecule has 204 valence electrons. The lowest BCUT2D eigenvalue weighted by Crippen LogP contribution is -2.48. The van der Waals surface area contributed by atoms with Gasteiger partial charge in [0.05, 0.1) is 28.7 Å². The van der Waals surface area contributed by atoms with Crippen molar-refractivity contribution < 1.29 is 22.7 Å². The molecule has 0 radical (unpaired) electrons. The second-order valence-corrected chi connectivity index (χ2v) is 13.0. The summed E-state index contributed by atoms with van der Waals surface area (Å²) in [6, 6.07) is 20.0. The Labute approximate surface area is 230 Å². The molecule has 2 amide bonds. The number of sulfone groups is 1. The molecule has 8 heteroatoms. The topological polar surface area (TPSA) is 92.8 Å². The Hall–Kier alpha value is -3.65. The number of nitrogens with zero attached hydrogens (tertiary/aromatic N) is 1. The molecule has 2 aliphatic rings. The minimum absolute atomic E-state index is 0.0330. The summed E-state index contributed by atoms with van der Waals surface area (Å²) in [7, 11) is -3.29. The smallest absolute Gasteiger partial charge is 0.317 e. The van der Waals surface area contributed by atoms with Crippen molar-refractivity contribution >= 4 is 21.7 Å². The fourth-order valence-electron chi connectivity index (χ4n) is 5.63. The van der Waals surface area contributed by atoms with Crippen LogP contribution in [0.1, 0.15) is 65.2 Å². The van der Waals surface area contributed by atoms with E-state index in [0.717, 1.165) is 22.3 Å². The lowest BCUT2D eigenvalue weighted by atomic mass is 9.80. The molecule has 5 rings (SSSR count). The number of ether oxygens (including phenoxy) is 1. The SMILES string of the molecule is CCS(=O)(=O)c1ccc(CNC(=O)N2CC(c3ccccc3)C3(C2)Oc2c(C(C)C)ccc(C)c2C3=O)cc1. The Kier molecular flexibility index (Phi) is 7.01. The minimum atomic E-state index is -3.29. The largest absolute Gasteiger partial charge is 0.475 e. The van der Waals surface area contributed by atoms with Gasteiger partial charge in [0.25, 0.3) is 0 Å². The van der Waals surface area contributed by atoms with E-state index in [1.54, 1.807) is 36.1 Å². The maximum Gasteiger partial charge on any atom is 0.317 e. The number of amides is 2. The van der Waals surface area contributed by atoms with Crippen LogP contribution in [0.15, 0.2) is 71.6 Å². The van der Waals surface area contributed by atoms with Crippen molar-refractivity contribution in [2.75, 3.05) is 18.8 Å². The van der Waals surface area contributed by atoms with Crippen LogP contribution in [0.3, 0.4) is 0 Å². The van der Waals surface area contributed by atoms with Crippen LogP contribution in [-0.4, -0.2) is 49.6 Å². The van der Waals surface area contributed by atoms with Gasteiger partial charge in [-0.05, 0) is 47.2 Å². The standard InChI is InChI=1S/C31H34N2O5S/c1-5-39(36,37)24-14-12-22(13-15-24)17-32-30(35)33-18-26(23-9-7-6-8-10-23)31(19-33)29(34)27-21(4)11-16-25(20(2)3)28(27)38-31/h6-16,20,26H,5,17-19H2,1-4H3,(H,32,35). The minimum Gasteiger partial charge on any atom is -0.475 e. The molecular formula is C31H34N2O5S. The number of nitrogens with one attached hydrogen (secondary N) is 1.